The highest BCUT2D eigenvalue weighted by atomic mass is 32.1. The van der Waals surface area contributed by atoms with Gasteiger partial charge in [0.1, 0.15) is 0 Å². The van der Waals surface area contributed by atoms with E-state index in [1.54, 1.807) is 17.4 Å². The normalized spacial score (nSPS) is 11.1. The molecule has 0 aliphatic heterocycles. The van der Waals surface area contributed by atoms with Gasteiger partial charge in [-0.15, -0.1) is 12.6 Å². The number of alkyl halides is 3. The number of hydrogen-bond acceptors (Lipinski definition) is 3. The molecule has 0 spiro atoms. The molecule has 98 valence electrons. The van der Waals surface area contributed by atoms with Crippen molar-refractivity contribution in [1.82, 2.24) is 5.32 Å². The van der Waals surface area contributed by atoms with Crippen LogP contribution in [0.3, 0.4) is 0 Å². The van der Waals surface area contributed by atoms with Gasteiger partial charge < -0.3 is 5.32 Å². The number of ketones is 1. The molecule has 18 heavy (non-hydrogen) atoms. The van der Waals surface area contributed by atoms with E-state index in [0.29, 0.717) is 10.5 Å². The van der Waals surface area contributed by atoms with Gasteiger partial charge in [-0.1, -0.05) is 12.1 Å². The monoisotopic (exact) mass is 277 g/mol. The number of amides is 1. The van der Waals surface area contributed by atoms with Crippen LogP contribution in [0.25, 0.3) is 0 Å². The van der Waals surface area contributed by atoms with Crippen molar-refractivity contribution in [1.29, 1.82) is 0 Å². The molecule has 1 N–H and O–H groups in total. The Bertz CT molecular complexity index is 460. The summed E-state index contributed by atoms with van der Waals surface area (Å²) in [6, 6.07) is 6.33. The Morgan fingerprint density at radius 2 is 1.94 bits per heavy atom. The third-order valence-corrected chi connectivity index (χ3v) is 2.34. The zero-order valence-electron chi connectivity index (χ0n) is 9.12. The molecule has 0 aromatic heterocycles. The fourth-order valence-corrected chi connectivity index (χ4v) is 1.44. The summed E-state index contributed by atoms with van der Waals surface area (Å²) >= 11 is 4.04. The van der Waals surface area contributed by atoms with E-state index < -0.39 is 12.1 Å². The van der Waals surface area contributed by atoms with Crippen LogP contribution in [0.1, 0.15) is 16.8 Å². The molecule has 3 nitrogen and oxygen atoms in total. The quantitative estimate of drug-likeness (QED) is 0.655. The van der Waals surface area contributed by atoms with E-state index in [4.69, 9.17) is 0 Å². The average Bonchev–Trinajstić information content (AvgIpc) is 2.27. The lowest BCUT2D eigenvalue weighted by Crippen LogP contribution is -2.37. The Labute approximate surface area is 107 Å². The Kier molecular flexibility index (Phi) is 4.77. The van der Waals surface area contributed by atoms with Crippen LogP contribution in [0.5, 0.6) is 0 Å². The van der Waals surface area contributed by atoms with E-state index >= 15 is 0 Å². The van der Waals surface area contributed by atoms with Crippen LogP contribution in [-0.2, 0) is 4.79 Å². The van der Waals surface area contributed by atoms with Crippen LogP contribution < -0.4 is 5.32 Å². The second-order valence-electron chi connectivity index (χ2n) is 3.48. The zero-order valence-corrected chi connectivity index (χ0v) is 10.0. The highest BCUT2D eigenvalue weighted by Gasteiger charge is 2.38. The summed E-state index contributed by atoms with van der Waals surface area (Å²) in [6.45, 7) is -0.353. The van der Waals surface area contributed by atoms with Gasteiger partial charge in [-0.05, 0) is 12.1 Å². The molecule has 0 aliphatic rings. The Balaban J connectivity index is 2.46. The Hall–Kier alpha value is -1.50. The number of carbonyl (C=O) groups is 2. The molecule has 0 aliphatic carbocycles. The van der Waals surface area contributed by atoms with Gasteiger partial charge >= 0.3 is 12.1 Å². The lowest BCUT2D eigenvalue weighted by molar-refractivity contribution is -0.173. The van der Waals surface area contributed by atoms with Gasteiger partial charge in [0, 0.05) is 23.4 Å². The van der Waals surface area contributed by atoms with E-state index in [1.165, 1.54) is 12.1 Å². The maximum atomic E-state index is 11.8. The molecule has 0 radical (unpaired) electrons. The smallest absolute Gasteiger partial charge is 0.348 e. The molecule has 0 heterocycles. The highest BCUT2D eigenvalue weighted by Crippen LogP contribution is 2.14. The van der Waals surface area contributed by atoms with Gasteiger partial charge in [-0.2, -0.15) is 13.2 Å². The van der Waals surface area contributed by atoms with Gasteiger partial charge in [-0.3, -0.25) is 9.59 Å². The zero-order chi connectivity index (χ0) is 13.8. The van der Waals surface area contributed by atoms with Crippen molar-refractivity contribution in [3.05, 3.63) is 29.8 Å². The summed E-state index contributed by atoms with van der Waals surface area (Å²) in [5.74, 6) is -2.40. The van der Waals surface area contributed by atoms with E-state index in [-0.39, 0.29) is 18.7 Å². The largest absolute Gasteiger partial charge is 0.471 e. The van der Waals surface area contributed by atoms with E-state index in [2.05, 4.69) is 12.6 Å². The summed E-state index contributed by atoms with van der Waals surface area (Å²) in [5, 5.41) is 1.63. The topological polar surface area (TPSA) is 46.2 Å². The standard InChI is InChI=1S/C11H10F3NO2S/c12-11(13,14)10(17)15-5-4-9(16)7-2-1-3-8(18)6-7/h1-3,6,18H,4-5H2,(H,15,17). The van der Waals surface area contributed by atoms with Crippen molar-refractivity contribution in [3.63, 3.8) is 0 Å². The first-order chi connectivity index (χ1) is 8.30. The fraction of sp³-hybridized carbons (Fsp3) is 0.273. The minimum absolute atomic E-state index is 0.195. The highest BCUT2D eigenvalue weighted by molar-refractivity contribution is 7.80. The summed E-state index contributed by atoms with van der Waals surface area (Å²) < 4.78 is 35.5. The Morgan fingerprint density at radius 1 is 1.28 bits per heavy atom. The molecule has 1 amide bonds. The summed E-state index contributed by atoms with van der Waals surface area (Å²) in [5.41, 5.74) is 0.351. The third-order valence-electron chi connectivity index (χ3n) is 2.06. The van der Waals surface area contributed by atoms with Crippen molar-refractivity contribution >= 4 is 24.3 Å². The predicted molar refractivity (Wildman–Crippen MR) is 61.7 cm³/mol. The maximum Gasteiger partial charge on any atom is 0.471 e. The molecule has 0 saturated heterocycles. The van der Waals surface area contributed by atoms with Gasteiger partial charge in [0.25, 0.3) is 0 Å². The van der Waals surface area contributed by atoms with Crippen molar-refractivity contribution in [2.45, 2.75) is 17.5 Å². The number of carbonyl (C=O) groups excluding carboxylic acids is 2. The van der Waals surface area contributed by atoms with E-state index in [1.807, 2.05) is 0 Å². The van der Waals surface area contributed by atoms with Crippen LogP contribution in [-0.4, -0.2) is 24.4 Å². The number of nitrogens with one attached hydrogen (secondary N) is 1. The molecular formula is C11H10F3NO2S. The Morgan fingerprint density at radius 3 is 2.50 bits per heavy atom. The summed E-state index contributed by atoms with van der Waals surface area (Å²) in [4.78, 5) is 22.6. The summed E-state index contributed by atoms with van der Waals surface area (Å²) in [7, 11) is 0. The first-order valence-corrected chi connectivity index (χ1v) is 5.42. The second kappa shape index (κ2) is 5.90. The molecule has 0 atom stereocenters. The van der Waals surface area contributed by atoms with Crippen LogP contribution in [0.4, 0.5) is 13.2 Å². The third kappa shape index (κ3) is 4.40. The summed E-state index contributed by atoms with van der Waals surface area (Å²) in [6.07, 6.45) is -5.12. The number of hydrogen-bond donors (Lipinski definition) is 2. The molecule has 0 bridgehead atoms. The first kappa shape index (κ1) is 14.6. The molecule has 0 fully saturated rings. The SMILES string of the molecule is O=C(CCNC(=O)C(F)(F)F)c1cccc(S)c1. The first-order valence-electron chi connectivity index (χ1n) is 4.98. The lowest BCUT2D eigenvalue weighted by atomic mass is 10.1. The lowest BCUT2D eigenvalue weighted by Gasteiger charge is -2.07. The number of benzene rings is 1. The van der Waals surface area contributed by atoms with Gasteiger partial charge in [0.05, 0.1) is 0 Å². The van der Waals surface area contributed by atoms with Gasteiger partial charge in [0.15, 0.2) is 5.78 Å². The van der Waals surface area contributed by atoms with Crippen molar-refractivity contribution in [3.8, 4) is 0 Å². The van der Waals surface area contributed by atoms with Gasteiger partial charge in [0.2, 0.25) is 0 Å². The maximum absolute atomic E-state index is 11.8. The van der Waals surface area contributed by atoms with Crippen LogP contribution in [0.15, 0.2) is 29.2 Å². The molecule has 1 rings (SSSR count). The number of thiol groups is 1. The molecular weight excluding hydrogens is 267 g/mol. The fourth-order valence-electron chi connectivity index (χ4n) is 1.21. The minimum atomic E-state index is -4.92. The molecule has 1 aromatic rings. The van der Waals surface area contributed by atoms with Crippen molar-refractivity contribution < 1.29 is 22.8 Å². The van der Waals surface area contributed by atoms with Crippen molar-refractivity contribution in [2.75, 3.05) is 6.54 Å². The predicted octanol–water partition coefficient (Wildman–Crippen LogP) is 2.23. The van der Waals surface area contributed by atoms with Crippen LogP contribution in [0.2, 0.25) is 0 Å². The van der Waals surface area contributed by atoms with Crippen molar-refractivity contribution in [2.24, 2.45) is 0 Å². The molecule has 0 unspecified atom stereocenters. The number of Topliss-reactive ketones (excluding diaryl/α,β-unsaturated/α-hetero) is 1. The van der Waals surface area contributed by atoms with Crippen LogP contribution >= 0.6 is 12.6 Å². The molecule has 0 saturated carbocycles. The van der Waals surface area contributed by atoms with Gasteiger partial charge in [-0.25, -0.2) is 0 Å². The minimum Gasteiger partial charge on any atom is -0.348 e. The average molecular weight is 277 g/mol. The van der Waals surface area contributed by atoms with E-state index in [0.717, 1.165) is 0 Å². The molecule has 1 aromatic carbocycles. The number of rotatable bonds is 4. The van der Waals surface area contributed by atoms with Crippen LogP contribution in [0, 0.1) is 0 Å². The van der Waals surface area contributed by atoms with E-state index in [9.17, 15) is 22.8 Å². The second-order valence-corrected chi connectivity index (χ2v) is 3.99. The molecule has 7 heteroatoms. The number of halogens is 3.